The van der Waals surface area contributed by atoms with Crippen LogP contribution in [0.4, 0.5) is 5.69 Å². The minimum Gasteiger partial charge on any atom is -0.462 e. The molecule has 0 atom stereocenters. The third-order valence-corrected chi connectivity index (χ3v) is 1.89. The monoisotopic (exact) mass is 193 g/mol. The second-order valence-corrected chi connectivity index (χ2v) is 3.16. The first-order valence-electron chi connectivity index (χ1n) is 4.59. The predicted molar refractivity (Wildman–Crippen MR) is 56.7 cm³/mol. The van der Waals surface area contributed by atoms with Gasteiger partial charge in [-0.2, -0.15) is 0 Å². The normalized spacial score (nSPS) is 9.64. The van der Waals surface area contributed by atoms with Gasteiger partial charge in [0, 0.05) is 19.8 Å². The molecule has 0 spiro atoms. The fraction of sp³-hybridized carbons (Fsp3) is 0.364. The van der Waals surface area contributed by atoms with Crippen molar-refractivity contribution < 1.29 is 9.53 Å². The van der Waals surface area contributed by atoms with Crippen LogP contribution in [0, 0.1) is 0 Å². The van der Waals surface area contributed by atoms with Gasteiger partial charge >= 0.3 is 5.97 Å². The van der Waals surface area contributed by atoms with Gasteiger partial charge in [0.1, 0.15) is 0 Å². The van der Waals surface area contributed by atoms with E-state index in [0.717, 1.165) is 5.69 Å². The molecule has 76 valence electrons. The Labute approximate surface area is 84.3 Å². The highest BCUT2D eigenvalue weighted by molar-refractivity contribution is 5.89. The molecule has 0 N–H and O–H groups in total. The molecule has 0 aliphatic carbocycles. The van der Waals surface area contributed by atoms with Crippen molar-refractivity contribution in [2.45, 2.75) is 6.92 Å². The van der Waals surface area contributed by atoms with E-state index in [1.807, 2.05) is 31.1 Å². The van der Waals surface area contributed by atoms with Crippen molar-refractivity contribution in [3.63, 3.8) is 0 Å². The van der Waals surface area contributed by atoms with Crippen LogP contribution in [0.15, 0.2) is 24.3 Å². The van der Waals surface area contributed by atoms with E-state index in [9.17, 15) is 4.79 Å². The molecule has 0 heterocycles. The molecule has 0 aromatic heterocycles. The Kier molecular flexibility index (Phi) is 3.51. The number of benzene rings is 1. The standard InChI is InChI=1S/C11H15NO2/c1-4-14-11(13)9-5-7-10(8-6-9)12(2)3/h5-8H,4H2,1-3H3. The Hall–Kier alpha value is -1.51. The maximum Gasteiger partial charge on any atom is 0.338 e. The number of carbonyl (C=O) groups is 1. The predicted octanol–water partition coefficient (Wildman–Crippen LogP) is 1.93. The zero-order valence-electron chi connectivity index (χ0n) is 8.78. The number of hydrogen-bond acceptors (Lipinski definition) is 3. The van der Waals surface area contributed by atoms with Gasteiger partial charge in [-0.15, -0.1) is 0 Å². The summed E-state index contributed by atoms with van der Waals surface area (Å²) < 4.78 is 4.88. The number of ether oxygens (including phenoxy) is 1. The van der Waals surface area contributed by atoms with Gasteiger partial charge in [-0.25, -0.2) is 4.79 Å². The van der Waals surface area contributed by atoms with Crippen LogP contribution in [-0.2, 0) is 4.74 Å². The molecule has 1 aromatic rings. The molecule has 0 saturated heterocycles. The van der Waals surface area contributed by atoms with Crippen LogP contribution in [0.2, 0.25) is 0 Å². The first-order valence-corrected chi connectivity index (χ1v) is 4.59. The zero-order chi connectivity index (χ0) is 10.6. The molecule has 14 heavy (non-hydrogen) atoms. The van der Waals surface area contributed by atoms with Crippen molar-refractivity contribution >= 4 is 11.7 Å². The van der Waals surface area contributed by atoms with Crippen LogP contribution in [0.5, 0.6) is 0 Å². The molecular formula is C11H15NO2. The molecule has 0 fully saturated rings. The summed E-state index contributed by atoms with van der Waals surface area (Å²) in [6.07, 6.45) is 0. The molecule has 0 saturated carbocycles. The summed E-state index contributed by atoms with van der Waals surface area (Å²) in [5, 5.41) is 0. The van der Waals surface area contributed by atoms with E-state index in [1.54, 1.807) is 19.1 Å². The third kappa shape index (κ3) is 2.49. The summed E-state index contributed by atoms with van der Waals surface area (Å²) in [5.74, 6) is -0.266. The van der Waals surface area contributed by atoms with Crippen LogP contribution in [-0.4, -0.2) is 26.7 Å². The lowest BCUT2D eigenvalue weighted by atomic mass is 10.2. The molecule has 0 bridgehead atoms. The highest BCUT2D eigenvalue weighted by atomic mass is 16.5. The van der Waals surface area contributed by atoms with E-state index in [0.29, 0.717) is 12.2 Å². The number of hydrogen-bond donors (Lipinski definition) is 0. The Morgan fingerprint density at radius 2 is 1.86 bits per heavy atom. The lowest BCUT2D eigenvalue weighted by Gasteiger charge is -2.12. The van der Waals surface area contributed by atoms with E-state index in [1.165, 1.54) is 0 Å². The van der Waals surface area contributed by atoms with Gasteiger partial charge in [0.2, 0.25) is 0 Å². The van der Waals surface area contributed by atoms with Gasteiger partial charge in [0.25, 0.3) is 0 Å². The van der Waals surface area contributed by atoms with E-state index in [2.05, 4.69) is 0 Å². The lowest BCUT2D eigenvalue weighted by molar-refractivity contribution is 0.0526. The number of rotatable bonds is 3. The molecule has 0 radical (unpaired) electrons. The van der Waals surface area contributed by atoms with Crippen LogP contribution in [0.25, 0.3) is 0 Å². The number of esters is 1. The Morgan fingerprint density at radius 1 is 1.29 bits per heavy atom. The summed E-state index contributed by atoms with van der Waals surface area (Å²) in [4.78, 5) is 13.3. The minimum atomic E-state index is -0.266. The average Bonchev–Trinajstić information content (AvgIpc) is 2.18. The van der Waals surface area contributed by atoms with Crippen molar-refractivity contribution in [3.05, 3.63) is 29.8 Å². The fourth-order valence-electron chi connectivity index (χ4n) is 1.11. The van der Waals surface area contributed by atoms with Crippen molar-refractivity contribution in [2.75, 3.05) is 25.6 Å². The molecule has 3 nitrogen and oxygen atoms in total. The van der Waals surface area contributed by atoms with Gasteiger partial charge in [-0.3, -0.25) is 0 Å². The van der Waals surface area contributed by atoms with Crippen molar-refractivity contribution in [2.24, 2.45) is 0 Å². The van der Waals surface area contributed by atoms with Gasteiger partial charge < -0.3 is 9.64 Å². The van der Waals surface area contributed by atoms with E-state index in [4.69, 9.17) is 4.74 Å². The fourth-order valence-corrected chi connectivity index (χ4v) is 1.11. The summed E-state index contributed by atoms with van der Waals surface area (Å²) in [7, 11) is 3.92. The van der Waals surface area contributed by atoms with E-state index in [-0.39, 0.29) is 5.97 Å². The zero-order valence-corrected chi connectivity index (χ0v) is 8.78. The first kappa shape index (κ1) is 10.6. The van der Waals surface area contributed by atoms with E-state index < -0.39 is 0 Å². The summed E-state index contributed by atoms with van der Waals surface area (Å²) in [6.45, 7) is 2.21. The second-order valence-electron chi connectivity index (χ2n) is 3.16. The van der Waals surface area contributed by atoms with Crippen LogP contribution < -0.4 is 4.90 Å². The minimum absolute atomic E-state index is 0.266. The highest BCUT2D eigenvalue weighted by Crippen LogP contribution is 2.12. The second kappa shape index (κ2) is 4.65. The maximum atomic E-state index is 11.3. The molecule has 0 unspecified atom stereocenters. The van der Waals surface area contributed by atoms with Crippen molar-refractivity contribution in [1.82, 2.24) is 0 Å². The largest absolute Gasteiger partial charge is 0.462 e. The molecule has 1 aromatic carbocycles. The van der Waals surface area contributed by atoms with Gasteiger partial charge in [0.05, 0.1) is 12.2 Å². The average molecular weight is 193 g/mol. The van der Waals surface area contributed by atoms with Gasteiger partial charge in [0.15, 0.2) is 0 Å². The Balaban J connectivity index is 2.78. The molecule has 0 aliphatic rings. The number of nitrogens with zero attached hydrogens (tertiary/aromatic N) is 1. The SMILES string of the molecule is CCOC(=O)c1ccc(N(C)C)cc1. The quantitative estimate of drug-likeness (QED) is 0.687. The van der Waals surface area contributed by atoms with Crippen molar-refractivity contribution in [1.29, 1.82) is 0 Å². The Morgan fingerprint density at radius 3 is 2.29 bits per heavy atom. The lowest BCUT2D eigenvalue weighted by Crippen LogP contribution is -2.09. The van der Waals surface area contributed by atoms with Gasteiger partial charge in [-0.1, -0.05) is 0 Å². The summed E-state index contributed by atoms with van der Waals surface area (Å²) in [5.41, 5.74) is 1.66. The molecule has 0 amide bonds. The highest BCUT2D eigenvalue weighted by Gasteiger charge is 2.05. The van der Waals surface area contributed by atoms with Crippen LogP contribution in [0.3, 0.4) is 0 Å². The molecule has 0 aliphatic heterocycles. The topological polar surface area (TPSA) is 29.5 Å². The van der Waals surface area contributed by atoms with Gasteiger partial charge in [-0.05, 0) is 31.2 Å². The van der Waals surface area contributed by atoms with Crippen molar-refractivity contribution in [3.8, 4) is 0 Å². The van der Waals surface area contributed by atoms with Crippen LogP contribution in [0.1, 0.15) is 17.3 Å². The van der Waals surface area contributed by atoms with E-state index >= 15 is 0 Å². The number of anilines is 1. The maximum absolute atomic E-state index is 11.3. The van der Waals surface area contributed by atoms with Crippen LogP contribution >= 0.6 is 0 Å². The molecular weight excluding hydrogens is 178 g/mol. The first-order chi connectivity index (χ1) is 6.65. The Bertz CT molecular complexity index is 304. The third-order valence-electron chi connectivity index (χ3n) is 1.89. The molecule has 1 rings (SSSR count). The number of carbonyl (C=O) groups excluding carboxylic acids is 1. The molecule has 3 heteroatoms. The summed E-state index contributed by atoms with van der Waals surface area (Å²) >= 11 is 0. The smallest absolute Gasteiger partial charge is 0.338 e. The summed E-state index contributed by atoms with van der Waals surface area (Å²) in [6, 6.07) is 7.33.